The van der Waals surface area contributed by atoms with Gasteiger partial charge >= 0.3 is 0 Å². The minimum atomic E-state index is -2.47. The predicted octanol–water partition coefficient (Wildman–Crippen LogP) is 2.75. The smallest absolute Gasteiger partial charge is 0.165 e. The van der Waals surface area contributed by atoms with Crippen molar-refractivity contribution in [3.8, 4) is 0 Å². The van der Waals surface area contributed by atoms with E-state index in [1.807, 2.05) is 42.5 Å². The van der Waals surface area contributed by atoms with Gasteiger partial charge in [0, 0.05) is 4.91 Å². The van der Waals surface area contributed by atoms with Crippen molar-refractivity contribution in [2.75, 3.05) is 0 Å². The van der Waals surface area contributed by atoms with Crippen LogP contribution >= 0.6 is 0 Å². The number of allylic oxidation sites excluding steroid dienone is 4. The summed E-state index contributed by atoms with van der Waals surface area (Å²) in [6.07, 6.45) is 6.49. The summed E-state index contributed by atoms with van der Waals surface area (Å²) >= 11 is 0. The minimum Gasteiger partial charge on any atom is -0.227 e. The standard InChI is InChI=1S/C13H14O2S/c14-16(15)13-10-6-2-5-9-12(13)11-7-3-1-4-8-11/h1,3-5,7-9,16H,2,6,10H2. The van der Waals surface area contributed by atoms with E-state index in [1.54, 1.807) is 0 Å². The number of hydrogen-bond acceptors (Lipinski definition) is 2. The molecule has 0 aliphatic heterocycles. The lowest BCUT2D eigenvalue weighted by Crippen LogP contribution is -1.91. The van der Waals surface area contributed by atoms with Crippen molar-refractivity contribution in [1.82, 2.24) is 0 Å². The largest absolute Gasteiger partial charge is 0.227 e. The van der Waals surface area contributed by atoms with Crippen molar-refractivity contribution in [3.63, 3.8) is 0 Å². The first kappa shape index (κ1) is 11.1. The van der Waals surface area contributed by atoms with Crippen molar-refractivity contribution >= 4 is 16.3 Å². The Morgan fingerprint density at radius 2 is 1.81 bits per heavy atom. The average Bonchev–Trinajstić information content (AvgIpc) is 2.55. The van der Waals surface area contributed by atoms with E-state index < -0.39 is 10.7 Å². The SMILES string of the molecule is O=[SH](=O)C1=C(c2ccccc2)C=CCCC1. The second kappa shape index (κ2) is 5.12. The number of rotatable bonds is 2. The Labute approximate surface area is 97.3 Å². The molecule has 0 heterocycles. The van der Waals surface area contributed by atoms with Crippen molar-refractivity contribution in [2.24, 2.45) is 0 Å². The van der Waals surface area contributed by atoms with E-state index in [9.17, 15) is 8.42 Å². The Kier molecular flexibility index (Phi) is 3.57. The fourth-order valence-corrected chi connectivity index (χ4v) is 2.63. The summed E-state index contributed by atoms with van der Waals surface area (Å²) in [5, 5.41) is 0. The molecular weight excluding hydrogens is 220 g/mol. The van der Waals surface area contributed by atoms with E-state index in [0.717, 1.165) is 24.0 Å². The second-order valence-corrected chi connectivity index (χ2v) is 4.83. The molecule has 0 unspecified atom stereocenters. The van der Waals surface area contributed by atoms with E-state index in [-0.39, 0.29) is 0 Å². The molecule has 0 spiro atoms. The van der Waals surface area contributed by atoms with Crippen LogP contribution in [0.2, 0.25) is 0 Å². The maximum atomic E-state index is 11.2. The quantitative estimate of drug-likeness (QED) is 0.798. The van der Waals surface area contributed by atoms with E-state index in [0.29, 0.717) is 11.3 Å². The highest BCUT2D eigenvalue weighted by molar-refractivity contribution is 7.77. The zero-order chi connectivity index (χ0) is 11.4. The number of benzene rings is 1. The second-order valence-electron chi connectivity index (χ2n) is 3.78. The maximum absolute atomic E-state index is 11.2. The first-order valence-corrected chi connectivity index (χ1v) is 6.56. The van der Waals surface area contributed by atoms with E-state index in [1.165, 1.54) is 0 Å². The molecule has 16 heavy (non-hydrogen) atoms. The molecule has 0 amide bonds. The van der Waals surface area contributed by atoms with Crippen LogP contribution in [0.5, 0.6) is 0 Å². The van der Waals surface area contributed by atoms with E-state index in [4.69, 9.17) is 0 Å². The fourth-order valence-electron chi connectivity index (χ4n) is 1.89. The molecule has 0 N–H and O–H groups in total. The van der Waals surface area contributed by atoms with Gasteiger partial charge in [0.2, 0.25) is 0 Å². The molecule has 1 aromatic rings. The van der Waals surface area contributed by atoms with Crippen LogP contribution in [0.15, 0.2) is 47.4 Å². The highest BCUT2D eigenvalue weighted by Gasteiger charge is 2.11. The fraction of sp³-hybridized carbons (Fsp3) is 0.231. The summed E-state index contributed by atoms with van der Waals surface area (Å²) in [6.45, 7) is 0. The van der Waals surface area contributed by atoms with E-state index >= 15 is 0 Å². The van der Waals surface area contributed by atoms with Crippen LogP contribution in [0.1, 0.15) is 24.8 Å². The maximum Gasteiger partial charge on any atom is 0.165 e. The molecule has 1 aliphatic carbocycles. The van der Waals surface area contributed by atoms with Crippen LogP contribution in [0.3, 0.4) is 0 Å². The summed E-state index contributed by atoms with van der Waals surface area (Å²) in [4.78, 5) is 0.565. The Bertz CT molecular complexity index is 488. The average molecular weight is 234 g/mol. The van der Waals surface area contributed by atoms with Crippen molar-refractivity contribution in [3.05, 3.63) is 53.0 Å². The Morgan fingerprint density at radius 1 is 1.06 bits per heavy atom. The highest BCUT2D eigenvalue weighted by Crippen LogP contribution is 2.27. The molecule has 0 fully saturated rings. The van der Waals surface area contributed by atoms with Gasteiger partial charge in [0.1, 0.15) is 0 Å². The van der Waals surface area contributed by atoms with Crippen LogP contribution < -0.4 is 0 Å². The Balaban J connectivity index is 2.55. The Hall–Kier alpha value is -1.35. The van der Waals surface area contributed by atoms with E-state index in [2.05, 4.69) is 0 Å². The number of hydrogen-bond donors (Lipinski definition) is 1. The lowest BCUT2D eigenvalue weighted by molar-refractivity contribution is 0.617. The molecule has 0 saturated heterocycles. The molecule has 1 aliphatic rings. The van der Waals surface area contributed by atoms with Crippen LogP contribution in [0, 0.1) is 0 Å². The summed E-state index contributed by atoms with van der Waals surface area (Å²) in [5.41, 5.74) is 1.84. The van der Waals surface area contributed by atoms with Crippen LogP contribution in [0.25, 0.3) is 5.57 Å². The first-order valence-electron chi connectivity index (χ1n) is 5.38. The molecular formula is C13H14O2S. The van der Waals surface area contributed by atoms with Gasteiger partial charge in [0.05, 0.1) is 0 Å². The minimum absolute atomic E-state index is 0.565. The van der Waals surface area contributed by atoms with Crippen molar-refractivity contribution < 1.29 is 8.42 Å². The monoisotopic (exact) mass is 234 g/mol. The zero-order valence-corrected chi connectivity index (χ0v) is 9.82. The summed E-state index contributed by atoms with van der Waals surface area (Å²) < 4.78 is 22.5. The van der Waals surface area contributed by atoms with Gasteiger partial charge in [-0.2, -0.15) is 0 Å². The topological polar surface area (TPSA) is 34.1 Å². The van der Waals surface area contributed by atoms with Gasteiger partial charge in [-0.3, -0.25) is 0 Å². The van der Waals surface area contributed by atoms with Crippen molar-refractivity contribution in [1.29, 1.82) is 0 Å². The van der Waals surface area contributed by atoms with Gasteiger partial charge in [0.25, 0.3) is 0 Å². The van der Waals surface area contributed by atoms with Gasteiger partial charge in [0.15, 0.2) is 10.7 Å². The normalized spacial score (nSPS) is 16.6. The lowest BCUT2D eigenvalue weighted by atomic mass is 10.1. The van der Waals surface area contributed by atoms with Gasteiger partial charge in [-0.1, -0.05) is 42.5 Å². The molecule has 0 radical (unpaired) electrons. The highest BCUT2D eigenvalue weighted by atomic mass is 32.2. The van der Waals surface area contributed by atoms with Gasteiger partial charge in [-0.05, 0) is 30.4 Å². The third kappa shape index (κ3) is 2.42. The van der Waals surface area contributed by atoms with Crippen LogP contribution in [0.4, 0.5) is 0 Å². The Morgan fingerprint density at radius 3 is 2.50 bits per heavy atom. The molecule has 84 valence electrons. The predicted molar refractivity (Wildman–Crippen MR) is 66.7 cm³/mol. The lowest BCUT2D eigenvalue weighted by Gasteiger charge is -2.05. The first-order chi connectivity index (χ1) is 7.79. The summed E-state index contributed by atoms with van der Waals surface area (Å²) in [7, 11) is -2.47. The van der Waals surface area contributed by atoms with Gasteiger partial charge < -0.3 is 0 Å². The molecule has 0 atom stereocenters. The number of thiol groups is 1. The third-order valence-electron chi connectivity index (χ3n) is 2.68. The molecule has 2 rings (SSSR count). The third-order valence-corrected chi connectivity index (χ3v) is 3.59. The molecule has 0 bridgehead atoms. The summed E-state index contributed by atoms with van der Waals surface area (Å²) in [6, 6.07) is 9.68. The molecule has 1 aromatic carbocycles. The zero-order valence-electron chi connectivity index (χ0n) is 8.93. The summed E-state index contributed by atoms with van der Waals surface area (Å²) in [5.74, 6) is 0. The van der Waals surface area contributed by atoms with Gasteiger partial charge in [-0.15, -0.1) is 0 Å². The molecule has 0 aromatic heterocycles. The van der Waals surface area contributed by atoms with Gasteiger partial charge in [-0.25, -0.2) is 8.42 Å². The van der Waals surface area contributed by atoms with Crippen LogP contribution in [-0.4, -0.2) is 8.42 Å². The molecule has 0 saturated carbocycles. The molecule has 3 heteroatoms. The van der Waals surface area contributed by atoms with Crippen LogP contribution in [-0.2, 0) is 10.7 Å². The van der Waals surface area contributed by atoms with Crippen molar-refractivity contribution in [2.45, 2.75) is 19.3 Å². The molecule has 2 nitrogen and oxygen atoms in total.